The summed E-state index contributed by atoms with van der Waals surface area (Å²) in [4.78, 5) is 8.56. The summed E-state index contributed by atoms with van der Waals surface area (Å²) in [5.74, 6) is 0. The molecule has 0 fully saturated rings. The van der Waals surface area contributed by atoms with E-state index in [0.29, 0.717) is 0 Å². The highest BCUT2D eigenvalue weighted by atomic mass is 28.2. The standard InChI is InChI=1S/C8H4N2Si2/c11-7-8(12)10-6-4-2-1-3-5(6)9-7/h1-4H/q-2. The van der Waals surface area contributed by atoms with Crippen LogP contribution in [0.15, 0.2) is 24.3 Å². The molecule has 0 aliphatic rings. The number of para-hydroxylation sites is 2. The second kappa shape index (κ2) is 2.80. The Balaban J connectivity index is 2.84. The van der Waals surface area contributed by atoms with Crippen LogP contribution in [0.2, 0.25) is 0 Å². The predicted molar refractivity (Wildman–Crippen MR) is 50.3 cm³/mol. The van der Waals surface area contributed by atoms with Gasteiger partial charge in [-0.25, -0.2) is 0 Å². The molecule has 2 nitrogen and oxygen atoms in total. The average molecular weight is 184 g/mol. The molecule has 1 aromatic heterocycles. The van der Waals surface area contributed by atoms with Crippen molar-refractivity contribution in [3.05, 3.63) is 24.3 Å². The highest BCUT2D eigenvalue weighted by molar-refractivity contribution is 6.46. The Labute approximate surface area is 76.9 Å². The number of rotatable bonds is 0. The molecule has 0 aliphatic heterocycles. The predicted octanol–water partition coefficient (Wildman–Crippen LogP) is -0.783. The van der Waals surface area contributed by atoms with Gasteiger partial charge in [0.1, 0.15) is 0 Å². The third-order valence-electron chi connectivity index (χ3n) is 1.57. The Bertz CT molecular complexity index is 388. The first kappa shape index (κ1) is 7.63. The highest BCUT2D eigenvalue weighted by Crippen LogP contribution is 2.02. The van der Waals surface area contributed by atoms with E-state index in [-0.39, 0.29) is 0 Å². The van der Waals surface area contributed by atoms with Gasteiger partial charge in [0, 0.05) is 0 Å². The van der Waals surface area contributed by atoms with Gasteiger partial charge in [-0.05, 0) is 12.1 Å². The van der Waals surface area contributed by atoms with Crippen LogP contribution in [0.4, 0.5) is 0 Å². The van der Waals surface area contributed by atoms with Gasteiger partial charge < -0.3 is 20.5 Å². The minimum Gasteiger partial charge on any atom is -0.628 e. The molecule has 0 unspecified atom stereocenters. The maximum absolute atomic E-state index is 4.28. The summed E-state index contributed by atoms with van der Waals surface area (Å²) in [5.41, 5.74) is 1.79. The van der Waals surface area contributed by atoms with Crippen molar-refractivity contribution in [1.29, 1.82) is 0 Å². The number of fused-ring (bicyclic) bond motifs is 1. The summed E-state index contributed by atoms with van der Waals surface area (Å²) >= 11 is 0. The van der Waals surface area contributed by atoms with Gasteiger partial charge in [0.05, 0.1) is 11.0 Å². The molecular weight excluding hydrogens is 180 g/mol. The van der Waals surface area contributed by atoms with Crippen molar-refractivity contribution in [3.8, 4) is 0 Å². The van der Waals surface area contributed by atoms with Gasteiger partial charge in [-0.3, -0.25) is 9.97 Å². The second-order valence-electron chi connectivity index (χ2n) is 2.41. The van der Waals surface area contributed by atoms with Crippen LogP contribution in [-0.2, 0) is 0 Å². The average Bonchev–Trinajstić information content (AvgIpc) is 2.07. The molecule has 12 heavy (non-hydrogen) atoms. The molecule has 0 aliphatic carbocycles. The lowest BCUT2D eigenvalue weighted by Gasteiger charge is -2.18. The van der Waals surface area contributed by atoms with E-state index < -0.39 is 0 Å². The van der Waals surface area contributed by atoms with E-state index in [2.05, 4.69) is 30.5 Å². The van der Waals surface area contributed by atoms with E-state index in [1.165, 1.54) is 0 Å². The van der Waals surface area contributed by atoms with E-state index in [4.69, 9.17) is 0 Å². The van der Waals surface area contributed by atoms with Crippen LogP contribution in [0.25, 0.3) is 11.0 Å². The fourth-order valence-electron chi connectivity index (χ4n) is 1.00. The third-order valence-corrected chi connectivity index (χ3v) is 2.52. The maximum atomic E-state index is 4.28. The number of hydrogen-bond donors (Lipinski definition) is 0. The van der Waals surface area contributed by atoms with Gasteiger partial charge in [0.2, 0.25) is 0 Å². The van der Waals surface area contributed by atoms with Crippen LogP contribution >= 0.6 is 0 Å². The number of aromatic nitrogens is 2. The Kier molecular flexibility index (Phi) is 1.78. The molecule has 0 saturated carbocycles. The lowest BCUT2D eigenvalue weighted by atomic mass is 10.3. The largest absolute Gasteiger partial charge is 0.628 e. The van der Waals surface area contributed by atoms with Gasteiger partial charge >= 0.3 is 0 Å². The smallest absolute Gasteiger partial charge is 0.0849 e. The highest BCUT2D eigenvalue weighted by Gasteiger charge is 1.89. The monoisotopic (exact) mass is 184 g/mol. The van der Waals surface area contributed by atoms with Crippen molar-refractivity contribution in [1.82, 2.24) is 9.97 Å². The molecule has 0 N–H and O–H groups in total. The molecule has 0 spiro atoms. The lowest BCUT2D eigenvalue weighted by Crippen LogP contribution is -2.31. The first-order valence-corrected chi connectivity index (χ1v) is 4.47. The Morgan fingerprint density at radius 2 is 1.25 bits per heavy atom. The molecule has 4 radical (unpaired) electrons. The maximum Gasteiger partial charge on any atom is 0.0849 e. The van der Waals surface area contributed by atoms with E-state index >= 15 is 0 Å². The van der Waals surface area contributed by atoms with Crippen LogP contribution in [-0.4, -0.2) is 30.5 Å². The quantitative estimate of drug-likeness (QED) is 0.502. The summed E-state index contributed by atoms with van der Waals surface area (Å²) in [5, 5.41) is 1.45. The minimum atomic E-state index is 0.727. The van der Waals surface area contributed by atoms with Crippen molar-refractivity contribution >= 4 is 42.2 Å². The van der Waals surface area contributed by atoms with Crippen LogP contribution < -0.4 is 10.6 Å². The molecule has 0 atom stereocenters. The normalized spacial score (nSPS) is 10.3. The van der Waals surface area contributed by atoms with E-state index in [9.17, 15) is 0 Å². The molecule has 1 heterocycles. The number of benzene rings is 1. The molecule has 0 amide bonds. The van der Waals surface area contributed by atoms with Crippen LogP contribution in [0, 0.1) is 0 Å². The number of hydrogen-bond acceptors (Lipinski definition) is 2. The van der Waals surface area contributed by atoms with Crippen LogP contribution in [0.1, 0.15) is 0 Å². The summed E-state index contributed by atoms with van der Waals surface area (Å²) in [7, 11) is 6.69. The van der Waals surface area contributed by atoms with Gasteiger partial charge in [-0.1, -0.05) is 12.1 Å². The fourth-order valence-corrected chi connectivity index (χ4v) is 1.35. The SMILES string of the molecule is [Si-]c1nc2ccccc2nc1[Si-]. The molecule has 2 rings (SSSR count). The van der Waals surface area contributed by atoms with E-state index in [0.717, 1.165) is 21.7 Å². The first-order valence-electron chi connectivity index (χ1n) is 3.47. The molecule has 0 bridgehead atoms. The minimum absolute atomic E-state index is 0.727. The Morgan fingerprint density at radius 1 is 0.833 bits per heavy atom. The lowest BCUT2D eigenvalue weighted by molar-refractivity contribution is 1.39. The molecule has 0 saturated heterocycles. The van der Waals surface area contributed by atoms with Gasteiger partial charge in [0.15, 0.2) is 0 Å². The van der Waals surface area contributed by atoms with E-state index in [1.54, 1.807) is 0 Å². The fraction of sp³-hybridized carbons (Fsp3) is 0. The van der Waals surface area contributed by atoms with Crippen molar-refractivity contribution < 1.29 is 0 Å². The summed E-state index contributed by atoms with van der Waals surface area (Å²) < 4.78 is 0. The summed E-state index contributed by atoms with van der Waals surface area (Å²) in [6.45, 7) is 0. The van der Waals surface area contributed by atoms with Crippen molar-refractivity contribution in [2.75, 3.05) is 0 Å². The summed E-state index contributed by atoms with van der Waals surface area (Å²) in [6, 6.07) is 7.74. The Hall–Kier alpha value is -1.01. The zero-order valence-corrected chi connectivity index (χ0v) is 8.20. The second-order valence-corrected chi connectivity index (χ2v) is 3.36. The zero-order chi connectivity index (χ0) is 8.55. The molecular formula is C8H4N2Si2-2. The van der Waals surface area contributed by atoms with Crippen LogP contribution in [0.5, 0.6) is 0 Å². The van der Waals surface area contributed by atoms with Gasteiger partial charge in [0.25, 0.3) is 0 Å². The molecule has 2 aromatic rings. The number of nitrogens with zero attached hydrogens (tertiary/aromatic N) is 2. The van der Waals surface area contributed by atoms with Crippen molar-refractivity contribution in [3.63, 3.8) is 0 Å². The first-order chi connectivity index (χ1) is 5.77. The van der Waals surface area contributed by atoms with Gasteiger partial charge in [-0.2, -0.15) is 10.6 Å². The summed E-state index contributed by atoms with van der Waals surface area (Å²) in [6.07, 6.45) is 0. The van der Waals surface area contributed by atoms with Gasteiger partial charge in [-0.15, -0.1) is 0 Å². The molecule has 1 aromatic carbocycles. The molecule has 4 heteroatoms. The zero-order valence-electron chi connectivity index (χ0n) is 6.20. The van der Waals surface area contributed by atoms with Crippen LogP contribution in [0.3, 0.4) is 0 Å². The third kappa shape index (κ3) is 1.19. The van der Waals surface area contributed by atoms with E-state index in [1.807, 2.05) is 24.3 Å². The van der Waals surface area contributed by atoms with Crippen molar-refractivity contribution in [2.45, 2.75) is 0 Å². The Morgan fingerprint density at radius 3 is 1.67 bits per heavy atom. The molecule has 56 valence electrons. The topological polar surface area (TPSA) is 25.8 Å². The van der Waals surface area contributed by atoms with Crippen molar-refractivity contribution in [2.24, 2.45) is 0 Å².